The van der Waals surface area contributed by atoms with Crippen LogP contribution in [0.5, 0.6) is 0 Å². The topological polar surface area (TPSA) is 191 Å². The Hall–Kier alpha value is -4.44. The molecule has 3 aromatic heterocycles. The van der Waals surface area contributed by atoms with Crippen molar-refractivity contribution in [3.63, 3.8) is 0 Å². The maximum atomic E-state index is 13.1. The number of imidazole rings is 1. The summed E-state index contributed by atoms with van der Waals surface area (Å²) in [6, 6.07) is 4.45. The van der Waals surface area contributed by atoms with Crippen LogP contribution in [0.1, 0.15) is 11.4 Å². The van der Waals surface area contributed by atoms with E-state index in [-0.39, 0.29) is 34.5 Å². The first-order chi connectivity index (χ1) is 18.3. The highest BCUT2D eigenvalue weighted by Crippen LogP contribution is 2.40. The third-order valence-electron chi connectivity index (χ3n) is 5.94. The quantitative estimate of drug-likeness (QED) is 0.0977. The van der Waals surface area contributed by atoms with Crippen LogP contribution in [0.3, 0.4) is 0 Å². The molecule has 0 aliphatic carbocycles. The van der Waals surface area contributed by atoms with E-state index in [2.05, 4.69) is 20.6 Å². The van der Waals surface area contributed by atoms with E-state index in [1.165, 1.54) is 30.5 Å². The average molecular weight is 557 g/mol. The largest absolute Gasteiger partial charge is 0.543 e. The molecule has 14 nitrogen and oxygen atoms in total. The number of carboxylic acid groups (broad SMARTS) is 1. The molecule has 1 fully saturated rings. The maximum absolute atomic E-state index is 13.1. The first-order valence-electron chi connectivity index (χ1n) is 11.0. The molecule has 2 aliphatic rings. The van der Waals surface area contributed by atoms with Crippen molar-refractivity contribution in [2.45, 2.75) is 18.0 Å². The third kappa shape index (κ3) is 4.32. The SMILES string of the molecule is CO/N=C(\C(=O)N[C@@H]1C(=O)N2C(C(=O)[O-])=C(C[n+]3cc(C=NO)n4ccccc43)CS[C@H]12)c1csc(N)n1. The average Bonchev–Trinajstić information content (AvgIpc) is 3.49. The molecule has 1 saturated heterocycles. The molecule has 16 heteroatoms. The van der Waals surface area contributed by atoms with Crippen LogP contribution in [0, 0.1) is 0 Å². The second-order valence-corrected chi connectivity index (χ2v) is 10.1. The van der Waals surface area contributed by atoms with Crippen LogP contribution in [0.4, 0.5) is 5.13 Å². The molecule has 0 spiro atoms. The van der Waals surface area contributed by atoms with Gasteiger partial charge in [-0.05, 0) is 6.07 Å². The van der Waals surface area contributed by atoms with Crippen molar-refractivity contribution in [3.8, 4) is 0 Å². The first-order valence-corrected chi connectivity index (χ1v) is 12.9. The number of carbonyl (C=O) groups is 3. The van der Waals surface area contributed by atoms with Gasteiger partial charge in [0.1, 0.15) is 43.2 Å². The standard InChI is InChI=1S/C22H20N8O6S2/c1-36-27-15(13-10-38-22(23)25-13)18(31)26-16-19(32)30-17(21(33)34)11(9-37-20(16)30)7-28-8-12(6-24-35)29-5-3-2-4-14(28)29/h2-6,8,10,16,20H,7,9H2,1H3,(H4-,23,25,26,31,33,34,35)/b24-6?,27-15-/t16-,20-/m1/s1. The summed E-state index contributed by atoms with van der Waals surface area (Å²) in [6.45, 7) is 0.145. The lowest BCUT2D eigenvalue weighted by Gasteiger charge is -2.50. The van der Waals surface area contributed by atoms with Gasteiger partial charge in [0.05, 0.1) is 17.9 Å². The van der Waals surface area contributed by atoms with Gasteiger partial charge in [0, 0.05) is 22.8 Å². The second kappa shape index (κ2) is 10.1. The molecular formula is C22H20N8O6S2. The van der Waals surface area contributed by atoms with Gasteiger partial charge in [-0.1, -0.05) is 16.4 Å². The van der Waals surface area contributed by atoms with E-state index in [4.69, 9.17) is 15.8 Å². The van der Waals surface area contributed by atoms with E-state index >= 15 is 0 Å². The summed E-state index contributed by atoms with van der Waals surface area (Å²) in [4.78, 5) is 48.1. The van der Waals surface area contributed by atoms with Crippen LogP contribution in [0.15, 0.2) is 57.6 Å². The highest BCUT2D eigenvalue weighted by Gasteiger charge is 2.53. The summed E-state index contributed by atoms with van der Waals surface area (Å²) in [6.07, 6.45) is 4.74. The Morgan fingerprint density at radius 2 is 2.26 bits per heavy atom. The molecule has 2 aliphatic heterocycles. The first kappa shape index (κ1) is 25.2. The van der Waals surface area contributed by atoms with E-state index in [9.17, 15) is 19.5 Å². The van der Waals surface area contributed by atoms with Crippen molar-refractivity contribution in [3.05, 3.63) is 58.6 Å². The van der Waals surface area contributed by atoms with Crippen LogP contribution in [0.25, 0.3) is 5.65 Å². The summed E-state index contributed by atoms with van der Waals surface area (Å²) in [5, 5.41) is 31.7. The van der Waals surface area contributed by atoms with Crippen molar-refractivity contribution in [2.75, 3.05) is 18.6 Å². The van der Waals surface area contributed by atoms with Gasteiger partial charge < -0.3 is 31.0 Å². The number of hydrogen-bond donors (Lipinski definition) is 3. The number of β-lactam (4-membered cyclic amide) rings is 1. The van der Waals surface area contributed by atoms with Gasteiger partial charge in [0.25, 0.3) is 17.5 Å². The van der Waals surface area contributed by atoms with Crippen molar-refractivity contribution >= 4 is 63.6 Å². The fourth-order valence-electron chi connectivity index (χ4n) is 4.36. The van der Waals surface area contributed by atoms with Crippen LogP contribution >= 0.6 is 23.1 Å². The Kier molecular flexibility index (Phi) is 6.73. The Bertz CT molecular complexity index is 1540. The zero-order valence-corrected chi connectivity index (χ0v) is 21.3. The number of nitrogens with two attached hydrogens (primary N) is 1. The van der Waals surface area contributed by atoms with Crippen molar-refractivity contribution in [1.82, 2.24) is 19.6 Å². The van der Waals surface area contributed by atoms with E-state index < -0.39 is 29.2 Å². The number of hydrogen-bond acceptors (Lipinski definition) is 12. The number of carboxylic acids is 1. The number of oxime groups is 2. The molecule has 4 N–H and O–H groups in total. The molecular weight excluding hydrogens is 536 g/mol. The summed E-state index contributed by atoms with van der Waals surface area (Å²) < 4.78 is 3.56. The van der Waals surface area contributed by atoms with E-state index in [0.29, 0.717) is 16.9 Å². The molecule has 196 valence electrons. The van der Waals surface area contributed by atoms with Crippen molar-refractivity contribution in [2.24, 2.45) is 10.3 Å². The van der Waals surface area contributed by atoms with Gasteiger partial charge >= 0.3 is 0 Å². The van der Waals surface area contributed by atoms with Crippen molar-refractivity contribution in [1.29, 1.82) is 0 Å². The fourth-order valence-corrected chi connectivity index (χ4v) is 6.24. The molecule has 0 radical (unpaired) electrons. The fraction of sp³-hybridized carbons (Fsp3) is 0.227. The molecule has 2 atom stereocenters. The minimum Gasteiger partial charge on any atom is -0.543 e. The third-order valence-corrected chi connectivity index (χ3v) is 7.95. The van der Waals surface area contributed by atoms with E-state index in [1.807, 2.05) is 12.1 Å². The predicted octanol–water partition coefficient (Wildman–Crippen LogP) is -1.47. The maximum Gasteiger partial charge on any atom is 0.286 e. The second-order valence-electron chi connectivity index (χ2n) is 8.15. The summed E-state index contributed by atoms with van der Waals surface area (Å²) in [7, 11) is 1.26. The number of carbonyl (C=O) groups excluding carboxylic acids is 3. The molecule has 2 amide bonds. The Balaban J connectivity index is 1.40. The number of thioether (sulfide) groups is 1. The van der Waals surface area contributed by atoms with E-state index in [1.54, 1.807) is 27.4 Å². The Morgan fingerprint density at radius 3 is 2.95 bits per heavy atom. The number of fused-ring (bicyclic) bond motifs is 2. The normalized spacial score (nSPS) is 19.6. The number of nitrogens with zero attached hydrogens (tertiary/aromatic N) is 6. The Morgan fingerprint density at radius 1 is 1.45 bits per heavy atom. The number of thiazole rings is 1. The van der Waals surface area contributed by atoms with Crippen LogP contribution in [0.2, 0.25) is 0 Å². The monoisotopic (exact) mass is 556 g/mol. The highest BCUT2D eigenvalue weighted by molar-refractivity contribution is 8.00. The number of pyridine rings is 1. The number of aliphatic carboxylic acids is 1. The number of nitrogen functional groups attached to an aromatic ring is 1. The van der Waals surface area contributed by atoms with Gasteiger partial charge in [0.2, 0.25) is 0 Å². The predicted molar refractivity (Wildman–Crippen MR) is 134 cm³/mol. The lowest BCUT2D eigenvalue weighted by Crippen LogP contribution is -2.71. The van der Waals surface area contributed by atoms with Gasteiger partial charge in [-0.25, -0.2) is 9.55 Å². The molecule has 5 rings (SSSR count). The lowest BCUT2D eigenvalue weighted by molar-refractivity contribution is -0.662. The molecule has 0 saturated carbocycles. The minimum absolute atomic E-state index is 0.145. The number of nitrogens with one attached hydrogen (secondary N) is 1. The summed E-state index contributed by atoms with van der Waals surface area (Å²) >= 11 is 2.43. The van der Waals surface area contributed by atoms with Crippen LogP contribution in [-0.2, 0) is 25.8 Å². The number of aromatic nitrogens is 3. The highest BCUT2D eigenvalue weighted by atomic mass is 32.2. The lowest BCUT2D eigenvalue weighted by atomic mass is 10.0. The molecule has 3 aromatic rings. The van der Waals surface area contributed by atoms with Crippen LogP contribution < -0.4 is 20.7 Å². The van der Waals surface area contributed by atoms with Gasteiger partial charge in [-0.3, -0.25) is 14.5 Å². The van der Waals surface area contributed by atoms with Gasteiger partial charge in [-0.15, -0.1) is 23.1 Å². The summed E-state index contributed by atoms with van der Waals surface area (Å²) in [5.74, 6) is -2.54. The number of anilines is 1. The zero-order valence-electron chi connectivity index (χ0n) is 19.7. The zero-order chi connectivity index (χ0) is 27.0. The number of rotatable bonds is 8. The minimum atomic E-state index is -1.50. The van der Waals surface area contributed by atoms with Crippen molar-refractivity contribution < 1.29 is 34.1 Å². The van der Waals surface area contributed by atoms with Gasteiger partial charge in [-0.2, -0.15) is 4.40 Å². The van der Waals surface area contributed by atoms with Gasteiger partial charge in [0.15, 0.2) is 16.5 Å². The number of amides is 2. The summed E-state index contributed by atoms with van der Waals surface area (Å²) in [5.41, 5.74) is 7.18. The smallest absolute Gasteiger partial charge is 0.286 e. The molecule has 0 unspecified atom stereocenters. The van der Waals surface area contributed by atoms with Crippen LogP contribution in [-0.4, -0.2) is 73.5 Å². The Labute approximate surface area is 222 Å². The molecule has 0 aromatic carbocycles. The molecule has 5 heterocycles. The molecule has 38 heavy (non-hydrogen) atoms. The van der Waals surface area contributed by atoms with E-state index in [0.717, 1.165) is 16.2 Å². The molecule has 0 bridgehead atoms.